The van der Waals surface area contributed by atoms with Gasteiger partial charge in [-0.2, -0.15) is 0 Å². The van der Waals surface area contributed by atoms with Gasteiger partial charge in [-0.25, -0.2) is 9.97 Å². The fourth-order valence-corrected chi connectivity index (χ4v) is 3.67. The summed E-state index contributed by atoms with van der Waals surface area (Å²) in [7, 11) is 0. The number of carbonyl (C=O) groups excluding carboxylic acids is 1. The Bertz CT molecular complexity index is 1260. The van der Waals surface area contributed by atoms with Crippen molar-refractivity contribution in [1.29, 1.82) is 0 Å². The fraction of sp³-hybridized carbons (Fsp3) is 0.261. The van der Waals surface area contributed by atoms with Crippen LogP contribution in [-0.2, 0) is 4.74 Å². The summed E-state index contributed by atoms with van der Waals surface area (Å²) in [5.41, 5.74) is 4.97. The molecule has 4 aromatic rings. The molecule has 1 aliphatic heterocycles. The zero-order valence-corrected chi connectivity index (χ0v) is 16.9. The quantitative estimate of drug-likeness (QED) is 0.556. The van der Waals surface area contributed by atoms with E-state index in [0.717, 1.165) is 22.2 Å². The van der Waals surface area contributed by atoms with Gasteiger partial charge >= 0.3 is 0 Å². The van der Waals surface area contributed by atoms with Crippen LogP contribution in [0.3, 0.4) is 0 Å². The Morgan fingerprint density at radius 2 is 1.83 bits per heavy atom. The van der Waals surface area contributed by atoms with Gasteiger partial charge in [-0.15, -0.1) is 0 Å². The van der Waals surface area contributed by atoms with Crippen molar-refractivity contribution in [3.63, 3.8) is 0 Å². The Balaban J connectivity index is 1.61. The van der Waals surface area contributed by atoms with Gasteiger partial charge in [0.1, 0.15) is 11.1 Å². The van der Waals surface area contributed by atoms with Crippen molar-refractivity contribution < 1.29 is 13.9 Å². The van der Waals surface area contributed by atoms with Crippen molar-refractivity contribution in [3.05, 3.63) is 59.4 Å². The number of benzene rings is 2. The number of aryl methyl sites for hydroxylation is 2. The van der Waals surface area contributed by atoms with Gasteiger partial charge in [-0.3, -0.25) is 4.79 Å². The van der Waals surface area contributed by atoms with Crippen LogP contribution in [0.25, 0.3) is 22.1 Å². The highest BCUT2D eigenvalue weighted by Gasteiger charge is 2.24. The fourth-order valence-electron chi connectivity index (χ4n) is 3.67. The molecular formula is C23H22N4O3. The molecule has 152 valence electrons. The molecule has 0 radical (unpaired) electrons. The van der Waals surface area contributed by atoms with Crippen LogP contribution in [0.4, 0.5) is 11.5 Å². The Hall–Kier alpha value is -3.45. The normalized spacial score (nSPS) is 14.4. The van der Waals surface area contributed by atoms with Crippen LogP contribution in [0.2, 0.25) is 0 Å². The lowest BCUT2D eigenvalue weighted by molar-refractivity contribution is 0.101. The molecule has 0 bridgehead atoms. The number of morpholine rings is 1. The van der Waals surface area contributed by atoms with Crippen LogP contribution in [0, 0.1) is 13.8 Å². The summed E-state index contributed by atoms with van der Waals surface area (Å²) in [5, 5.41) is 3.79. The van der Waals surface area contributed by atoms with Crippen LogP contribution in [0.5, 0.6) is 0 Å². The number of hydrogen-bond donors (Lipinski definition) is 1. The maximum atomic E-state index is 13.0. The number of carbonyl (C=O) groups is 1. The van der Waals surface area contributed by atoms with Gasteiger partial charge in [0.2, 0.25) is 5.82 Å². The summed E-state index contributed by atoms with van der Waals surface area (Å²) in [4.78, 5) is 24.3. The third-order valence-corrected chi connectivity index (χ3v) is 5.48. The van der Waals surface area contributed by atoms with Gasteiger partial charge in [-0.05, 0) is 49.2 Å². The lowest BCUT2D eigenvalue weighted by atomic mass is 10.1. The van der Waals surface area contributed by atoms with Gasteiger partial charge in [-0.1, -0.05) is 18.2 Å². The predicted molar refractivity (Wildman–Crippen MR) is 116 cm³/mol. The largest absolute Gasteiger partial charge is 0.450 e. The highest BCUT2D eigenvalue weighted by Crippen LogP contribution is 2.33. The lowest BCUT2D eigenvalue weighted by Crippen LogP contribution is -2.37. The molecule has 1 aliphatic rings. The van der Waals surface area contributed by atoms with E-state index in [4.69, 9.17) is 9.15 Å². The van der Waals surface area contributed by atoms with Gasteiger partial charge in [0, 0.05) is 24.2 Å². The van der Waals surface area contributed by atoms with E-state index in [2.05, 4.69) is 20.2 Å². The molecule has 1 saturated heterocycles. The van der Waals surface area contributed by atoms with Crippen LogP contribution in [-0.4, -0.2) is 42.2 Å². The summed E-state index contributed by atoms with van der Waals surface area (Å²) < 4.78 is 11.6. The Morgan fingerprint density at radius 3 is 2.63 bits per heavy atom. The summed E-state index contributed by atoms with van der Waals surface area (Å²) in [6.07, 6.45) is 0. The average molecular weight is 402 g/mol. The van der Waals surface area contributed by atoms with Gasteiger partial charge in [0.05, 0.1) is 13.2 Å². The van der Waals surface area contributed by atoms with E-state index in [0.29, 0.717) is 43.2 Å². The first-order valence-electron chi connectivity index (χ1n) is 10.0. The number of anilines is 2. The molecule has 5 rings (SSSR count). The summed E-state index contributed by atoms with van der Waals surface area (Å²) in [6.45, 7) is 6.63. The minimum atomic E-state index is -0.347. The summed E-state index contributed by atoms with van der Waals surface area (Å²) in [5.74, 6) is 0.401. The lowest BCUT2D eigenvalue weighted by Gasteiger charge is -2.27. The molecule has 3 heterocycles. The Kier molecular flexibility index (Phi) is 4.59. The molecule has 2 aromatic carbocycles. The van der Waals surface area contributed by atoms with Crippen molar-refractivity contribution in [2.45, 2.75) is 13.8 Å². The van der Waals surface area contributed by atoms with E-state index in [-0.39, 0.29) is 11.7 Å². The number of amides is 1. The summed E-state index contributed by atoms with van der Waals surface area (Å²) in [6, 6.07) is 13.5. The van der Waals surface area contributed by atoms with Crippen molar-refractivity contribution in [3.8, 4) is 0 Å². The molecule has 0 saturated carbocycles. The minimum Gasteiger partial charge on any atom is -0.450 e. The van der Waals surface area contributed by atoms with Gasteiger partial charge in [0.25, 0.3) is 5.91 Å². The maximum Gasteiger partial charge on any atom is 0.293 e. The average Bonchev–Trinajstić information content (AvgIpc) is 3.15. The predicted octanol–water partition coefficient (Wildman–Crippen LogP) is 4.08. The third kappa shape index (κ3) is 3.27. The number of aromatic nitrogens is 2. The molecule has 30 heavy (non-hydrogen) atoms. The zero-order chi connectivity index (χ0) is 20.7. The molecule has 0 aliphatic carbocycles. The SMILES string of the molecule is Cc1ccc(NC(=O)c2nc(N3CCOCC3)c3oc4ccccc4c3n2)cc1C. The first kappa shape index (κ1) is 18.6. The number of rotatable bonds is 3. The number of para-hydroxylation sites is 1. The van der Waals surface area contributed by atoms with Crippen LogP contribution < -0.4 is 10.2 Å². The number of nitrogens with zero attached hydrogens (tertiary/aromatic N) is 3. The Labute approximate surface area is 173 Å². The van der Waals surface area contributed by atoms with Gasteiger partial charge < -0.3 is 19.4 Å². The second-order valence-electron chi connectivity index (χ2n) is 7.50. The van der Waals surface area contributed by atoms with Crippen LogP contribution >= 0.6 is 0 Å². The molecule has 2 aromatic heterocycles. The molecule has 7 nitrogen and oxygen atoms in total. The molecular weight excluding hydrogens is 380 g/mol. The molecule has 0 spiro atoms. The van der Waals surface area contributed by atoms with Crippen molar-refractivity contribution in [2.24, 2.45) is 0 Å². The third-order valence-electron chi connectivity index (χ3n) is 5.48. The molecule has 1 N–H and O–H groups in total. The highest BCUT2D eigenvalue weighted by atomic mass is 16.5. The maximum absolute atomic E-state index is 13.0. The number of ether oxygens (including phenoxy) is 1. The molecule has 1 fully saturated rings. The van der Waals surface area contributed by atoms with Crippen LogP contribution in [0.1, 0.15) is 21.7 Å². The molecule has 0 atom stereocenters. The van der Waals surface area contributed by atoms with Crippen LogP contribution in [0.15, 0.2) is 46.9 Å². The van der Waals surface area contributed by atoms with Crippen molar-refractivity contribution in [1.82, 2.24) is 9.97 Å². The van der Waals surface area contributed by atoms with Gasteiger partial charge in [0.15, 0.2) is 11.4 Å². The second-order valence-corrected chi connectivity index (χ2v) is 7.50. The van der Waals surface area contributed by atoms with E-state index in [9.17, 15) is 4.79 Å². The summed E-state index contributed by atoms with van der Waals surface area (Å²) >= 11 is 0. The number of fused-ring (bicyclic) bond motifs is 3. The number of furan rings is 1. The first-order valence-corrected chi connectivity index (χ1v) is 10.0. The Morgan fingerprint density at radius 1 is 1.03 bits per heavy atom. The number of hydrogen-bond acceptors (Lipinski definition) is 6. The molecule has 1 amide bonds. The van der Waals surface area contributed by atoms with Crippen molar-refractivity contribution >= 4 is 39.5 Å². The molecule has 0 unspecified atom stereocenters. The van der Waals surface area contributed by atoms with E-state index >= 15 is 0 Å². The first-order chi connectivity index (χ1) is 14.6. The second kappa shape index (κ2) is 7.42. The molecule has 7 heteroatoms. The minimum absolute atomic E-state index is 0.119. The van der Waals surface area contributed by atoms with E-state index in [1.54, 1.807) is 0 Å². The zero-order valence-electron chi connectivity index (χ0n) is 16.9. The van der Waals surface area contributed by atoms with E-state index in [1.807, 2.05) is 56.3 Å². The van der Waals surface area contributed by atoms with E-state index in [1.165, 1.54) is 5.56 Å². The highest BCUT2D eigenvalue weighted by molar-refractivity contribution is 6.09. The van der Waals surface area contributed by atoms with E-state index < -0.39 is 0 Å². The van der Waals surface area contributed by atoms with Crippen molar-refractivity contribution in [2.75, 3.05) is 36.5 Å². The monoisotopic (exact) mass is 402 g/mol. The number of nitrogens with one attached hydrogen (secondary N) is 1. The topological polar surface area (TPSA) is 80.5 Å². The smallest absolute Gasteiger partial charge is 0.293 e. The standard InChI is InChI=1S/C23H22N4O3/c1-14-7-8-16(13-15(14)2)24-23(28)21-25-19-17-5-3-4-6-18(17)30-20(19)22(26-21)27-9-11-29-12-10-27/h3-8,13H,9-12H2,1-2H3,(H,24,28).